The summed E-state index contributed by atoms with van der Waals surface area (Å²) in [6.45, 7) is 9.42. The van der Waals surface area contributed by atoms with E-state index < -0.39 is 0 Å². The van der Waals surface area contributed by atoms with Gasteiger partial charge in [0.15, 0.2) is 0 Å². The number of nitrogens with one attached hydrogen (secondary N) is 1. The zero-order chi connectivity index (χ0) is 9.84. The number of furan rings is 1. The normalized spacial score (nSPS) is 13.6. The van der Waals surface area contributed by atoms with Crippen molar-refractivity contribution in [3.05, 3.63) is 23.7 Å². The second-order valence-corrected chi connectivity index (χ2v) is 3.93. The molecule has 0 unspecified atom stereocenters. The summed E-state index contributed by atoms with van der Waals surface area (Å²) in [7, 11) is 0. The van der Waals surface area contributed by atoms with E-state index in [4.69, 9.17) is 4.42 Å². The molecule has 0 fully saturated rings. The summed E-state index contributed by atoms with van der Waals surface area (Å²) < 4.78 is 5.45. The van der Waals surface area contributed by atoms with Crippen molar-refractivity contribution < 1.29 is 4.42 Å². The minimum atomic E-state index is 0.533. The van der Waals surface area contributed by atoms with E-state index >= 15 is 0 Å². The molecule has 1 atom stereocenters. The van der Waals surface area contributed by atoms with Crippen LogP contribution in [0.25, 0.3) is 0 Å². The van der Waals surface area contributed by atoms with E-state index in [-0.39, 0.29) is 0 Å². The first-order valence-electron chi connectivity index (χ1n) is 4.88. The molecule has 0 aliphatic heterocycles. The number of hydrogen-bond donors (Lipinski definition) is 1. The van der Waals surface area contributed by atoms with Crippen LogP contribution in [0.15, 0.2) is 16.5 Å². The molecule has 13 heavy (non-hydrogen) atoms. The predicted molar refractivity (Wildman–Crippen MR) is 54.6 cm³/mol. The largest absolute Gasteiger partial charge is 0.465 e. The van der Waals surface area contributed by atoms with Crippen molar-refractivity contribution in [1.29, 1.82) is 0 Å². The van der Waals surface area contributed by atoms with Crippen LogP contribution in [0, 0.1) is 12.8 Å². The average Bonchev–Trinajstić information content (AvgIpc) is 2.47. The van der Waals surface area contributed by atoms with Crippen molar-refractivity contribution in [2.24, 2.45) is 5.92 Å². The Morgan fingerprint density at radius 1 is 1.31 bits per heavy atom. The summed E-state index contributed by atoms with van der Waals surface area (Å²) >= 11 is 0. The summed E-state index contributed by atoms with van der Waals surface area (Å²) in [6, 6.07) is 4.55. The molecule has 1 rings (SSSR count). The van der Waals surface area contributed by atoms with Crippen LogP contribution in [0.4, 0.5) is 0 Å². The minimum Gasteiger partial charge on any atom is -0.465 e. The Bertz CT molecular complexity index is 252. The van der Waals surface area contributed by atoms with E-state index in [1.54, 1.807) is 0 Å². The smallest absolute Gasteiger partial charge is 0.117 e. The zero-order valence-electron chi connectivity index (χ0n) is 8.92. The molecule has 0 aliphatic rings. The maximum absolute atomic E-state index is 5.45. The molecule has 2 heteroatoms. The zero-order valence-corrected chi connectivity index (χ0v) is 8.92. The fourth-order valence-corrected chi connectivity index (χ4v) is 1.08. The molecule has 0 spiro atoms. The van der Waals surface area contributed by atoms with Crippen molar-refractivity contribution in [3.8, 4) is 0 Å². The van der Waals surface area contributed by atoms with E-state index in [9.17, 15) is 0 Å². The predicted octanol–water partition coefficient (Wildman–Crippen LogP) is 2.72. The summed E-state index contributed by atoms with van der Waals surface area (Å²) in [4.78, 5) is 0. The van der Waals surface area contributed by atoms with Crippen LogP contribution < -0.4 is 5.32 Å². The lowest BCUT2D eigenvalue weighted by molar-refractivity contribution is 0.391. The first-order chi connectivity index (χ1) is 6.09. The molecule has 1 heterocycles. The van der Waals surface area contributed by atoms with Gasteiger partial charge >= 0.3 is 0 Å². The van der Waals surface area contributed by atoms with Crippen LogP contribution in [0.2, 0.25) is 0 Å². The fraction of sp³-hybridized carbons (Fsp3) is 0.636. The third kappa shape index (κ3) is 3.23. The molecular formula is C11H19NO. The first-order valence-corrected chi connectivity index (χ1v) is 4.88. The van der Waals surface area contributed by atoms with E-state index in [1.807, 2.05) is 19.1 Å². The van der Waals surface area contributed by atoms with Crippen molar-refractivity contribution >= 4 is 0 Å². The fourth-order valence-electron chi connectivity index (χ4n) is 1.08. The summed E-state index contributed by atoms with van der Waals surface area (Å²) in [5.74, 6) is 2.66. The van der Waals surface area contributed by atoms with E-state index in [2.05, 4.69) is 26.1 Å². The van der Waals surface area contributed by atoms with Gasteiger partial charge < -0.3 is 9.73 Å². The Morgan fingerprint density at radius 2 is 2.00 bits per heavy atom. The van der Waals surface area contributed by atoms with Gasteiger partial charge in [0.25, 0.3) is 0 Å². The van der Waals surface area contributed by atoms with Crippen LogP contribution in [0.1, 0.15) is 32.3 Å². The third-order valence-corrected chi connectivity index (χ3v) is 2.39. The molecule has 74 valence electrons. The number of aryl methyl sites for hydroxylation is 1. The van der Waals surface area contributed by atoms with E-state index in [0.29, 0.717) is 12.0 Å². The minimum absolute atomic E-state index is 0.533. The highest BCUT2D eigenvalue weighted by atomic mass is 16.3. The maximum Gasteiger partial charge on any atom is 0.117 e. The van der Waals surface area contributed by atoms with Gasteiger partial charge in [0.1, 0.15) is 11.5 Å². The second kappa shape index (κ2) is 4.47. The van der Waals surface area contributed by atoms with Crippen molar-refractivity contribution in [3.63, 3.8) is 0 Å². The Morgan fingerprint density at radius 3 is 2.46 bits per heavy atom. The quantitative estimate of drug-likeness (QED) is 0.772. The maximum atomic E-state index is 5.45. The molecule has 2 nitrogen and oxygen atoms in total. The van der Waals surface area contributed by atoms with Crippen LogP contribution in [0.3, 0.4) is 0 Å². The lowest BCUT2D eigenvalue weighted by Gasteiger charge is -2.16. The SMILES string of the molecule is Cc1ccc(CN[C@H](C)C(C)C)o1. The van der Waals surface area contributed by atoms with Crippen LogP contribution in [0.5, 0.6) is 0 Å². The van der Waals surface area contributed by atoms with Gasteiger partial charge in [-0.3, -0.25) is 0 Å². The molecule has 0 amide bonds. The molecule has 0 bridgehead atoms. The molecule has 1 N–H and O–H groups in total. The number of hydrogen-bond acceptors (Lipinski definition) is 2. The Labute approximate surface area is 80.3 Å². The number of rotatable bonds is 4. The van der Waals surface area contributed by atoms with Crippen molar-refractivity contribution in [2.45, 2.75) is 40.3 Å². The highest BCUT2D eigenvalue weighted by Gasteiger charge is 2.06. The molecule has 0 aromatic carbocycles. The monoisotopic (exact) mass is 181 g/mol. The van der Waals surface area contributed by atoms with Crippen LogP contribution >= 0.6 is 0 Å². The van der Waals surface area contributed by atoms with Gasteiger partial charge in [-0.25, -0.2) is 0 Å². The lowest BCUT2D eigenvalue weighted by atomic mass is 10.1. The highest BCUT2D eigenvalue weighted by Crippen LogP contribution is 2.07. The van der Waals surface area contributed by atoms with E-state index in [1.165, 1.54) is 0 Å². The third-order valence-electron chi connectivity index (χ3n) is 2.39. The van der Waals surface area contributed by atoms with Gasteiger partial charge in [-0.15, -0.1) is 0 Å². The van der Waals surface area contributed by atoms with Crippen LogP contribution in [-0.2, 0) is 6.54 Å². The second-order valence-electron chi connectivity index (χ2n) is 3.93. The van der Waals surface area contributed by atoms with Crippen molar-refractivity contribution in [1.82, 2.24) is 5.32 Å². The van der Waals surface area contributed by atoms with Gasteiger partial charge in [0.05, 0.1) is 6.54 Å². The average molecular weight is 181 g/mol. The Hall–Kier alpha value is -0.760. The highest BCUT2D eigenvalue weighted by molar-refractivity contribution is 5.05. The van der Waals surface area contributed by atoms with Gasteiger partial charge in [0, 0.05) is 6.04 Å². The Balaban J connectivity index is 2.35. The summed E-state index contributed by atoms with van der Waals surface area (Å²) in [5, 5.41) is 3.42. The van der Waals surface area contributed by atoms with Gasteiger partial charge in [-0.2, -0.15) is 0 Å². The standard InChI is InChI=1S/C11H19NO/c1-8(2)10(4)12-7-11-6-5-9(3)13-11/h5-6,8,10,12H,7H2,1-4H3/t10-/m1/s1. The molecular weight excluding hydrogens is 162 g/mol. The van der Waals surface area contributed by atoms with Gasteiger partial charge in [-0.1, -0.05) is 13.8 Å². The van der Waals surface area contributed by atoms with Crippen molar-refractivity contribution in [2.75, 3.05) is 0 Å². The van der Waals surface area contributed by atoms with Crippen LogP contribution in [-0.4, -0.2) is 6.04 Å². The lowest BCUT2D eigenvalue weighted by Crippen LogP contribution is -2.29. The molecule has 0 radical (unpaired) electrons. The van der Waals surface area contributed by atoms with Gasteiger partial charge in [-0.05, 0) is 31.9 Å². The molecule has 1 aromatic heterocycles. The summed E-state index contributed by atoms with van der Waals surface area (Å²) in [5.41, 5.74) is 0. The molecule has 0 saturated carbocycles. The molecule has 1 aromatic rings. The Kier molecular flexibility index (Phi) is 3.55. The first kappa shape index (κ1) is 10.3. The summed E-state index contributed by atoms with van der Waals surface area (Å²) in [6.07, 6.45) is 0. The molecule has 0 saturated heterocycles. The van der Waals surface area contributed by atoms with Gasteiger partial charge in [0.2, 0.25) is 0 Å². The topological polar surface area (TPSA) is 25.2 Å². The molecule has 0 aliphatic carbocycles. The van der Waals surface area contributed by atoms with E-state index in [0.717, 1.165) is 18.1 Å².